The highest BCUT2D eigenvalue weighted by Crippen LogP contribution is 2.22. The molecule has 0 spiro atoms. The summed E-state index contributed by atoms with van der Waals surface area (Å²) < 4.78 is 0. The first-order chi connectivity index (χ1) is 8.56. The third-order valence-corrected chi connectivity index (χ3v) is 3.04. The van der Waals surface area contributed by atoms with Gasteiger partial charge in [-0.25, -0.2) is 9.78 Å². The van der Waals surface area contributed by atoms with E-state index in [0.717, 1.165) is 11.3 Å². The third-order valence-electron chi connectivity index (χ3n) is 2.14. The van der Waals surface area contributed by atoms with Crippen molar-refractivity contribution < 1.29 is 14.7 Å². The van der Waals surface area contributed by atoms with Crippen molar-refractivity contribution in [2.45, 2.75) is 0 Å². The molecule has 18 heavy (non-hydrogen) atoms. The van der Waals surface area contributed by atoms with Gasteiger partial charge >= 0.3 is 5.97 Å². The van der Waals surface area contributed by atoms with Gasteiger partial charge in [0.25, 0.3) is 0 Å². The number of benzene rings is 1. The molecule has 6 nitrogen and oxygen atoms in total. The van der Waals surface area contributed by atoms with Crippen LogP contribution in [0.15, 0.2) is 30.5 Å². The van der Waals surface area contributed by atoms with Crippen molar-refractivity contribution in [3.8, 4) is 0 Å². The number of carbonyl (C=O) groups excluding carboxylic acids is 1. The van der Waals surface area contributed by atoms with Crippen LogP contribution in [-0.2, 0) is 0 Å². The Morgan fingerprint density at radius 1 is 1.28 bits per heavy atom. The number of anilines is 2. The molecule has 0 aliphatic rings. The molecular formula is C11H9N3O3S. The lowest BCUT2D eigenvalue weighted by atomic mass is 10.2. The zero-order chi connectivity index (χ0) is 13.1. The number of hydrogen-bond acceptors (Lipinski definition) is 5. The van der Waals surface area contributed by atoms with Gasteiger partial charge in [0.2, 0.25) is 5.91 Å². The lowest BCUT2D eigenvalue weighted by Crippen LogP contribution is -2.10. The summed E-state index contributed by atoms with van der Waals surface area (Å²) in [5.74, 6) is -1.51. The fourth-order valence-electron chi connectivity index (χ4n) is 1.27. The zero-order valence-electron chi connectivity index (χ0n) is 9.08. The van der Waals surface area contributed by atoms with Crippen LogP contribution in [0.4, 0.5) is 10.8 Å². The lowest BCUT2D eigenvalue weighted by molar-refractivity contribution is 0.0701. The van der Waals surface area contributed by atoms with E-state index in [4.69, 9.17) is 10.8 Å². The number of thiazole rings is 1. The largest absolute Gasteiger partial charge is 0.477 e. The number of carbonyl (C=O) groups is 2. The maximum absolute atomic E-state index is 10.9. The van der Waals surface area contributed by atoms with E-state index in [9.17, 15) is 9.59 Å². The van der Waals surface area contributed by atoms with Gasteiger partial charge in [-0.2, -0.15) is 0 Å². The van der Waals surface area contributed by atoms with E-state index in [-0.39, 0.29) is 4.88 Å². The summed E-state index contributed by atoms with van der Waals surface area (Å²) in [4.78, 5) is 25.6. The number of carboxylic acid groups (broad SMARTS) is 1. The van der Waals surface area contributed by atoms with Gasteiger partial charge in [-0.05, 0) is 24.3 Å². The molecule has 0 saturated carbocycles. The summed E-state index contributed by atoms with van der Waals surface area (Å²) in [5.41, 5.74) is 6.23. The number of nitrogens with one attached hydrogen (secondary N) is 1. The minimum atomic E-state index is -1.01. The van der Waals surface area contributed by atoms with E-state index >= 15 is 0 Å². The molecule has 4 N–H and O–H groups in total. The molecule has 0 unspecified atom stereocenters. The lowest BCUT2D eigenvalue weighted by Gasteiger charge is -2.02. The molecule has 2 aromatic rings. The van der Waals surface area contributed by atoms with E-state index < -0.39 is 11.9 Å². The number of rotatable bonds is 4. The fourth-order valence-corrected chi connectivity index (χ4v) is 1.95. The van der Waals surface area contributed by atoms with Crippen LogP contribution in [0.3, 0.4) is 0 Å². The zero-order valence-corrected chi connectivity index (χ0v) is 9.90. The second kappa shape index (κ2) is 4.84. The van der Waals surface area contributed by atoms with E-state index in [1.807, 2.05) is 0 Å². The van der Waals surface area contributed by atoms with Crippen molar-refractivity contribution in [3.63, 3.8) is 0 Å². The number of aromatic carboxylic acids is 1. The summed E-state index contributed by atoms with van der Waals surface area (Å²) in [6.45, 7) is 0. The van der Waals surface area contributed by atoms with Crippen LogP contribution < -0.4 is 11.1 Å². The number of hydrogen-bond donors (Lipinski definition) is 3. The Labute approximate surface area is 106 Å². The Balaban J connectivity index is 2.13. The topological polar surface area (TPSA) is 105 Å². The summed E-state index contributed by atoms with van der Waals surface area (Å²) in [7, 11) is 0. The first-order valence-corrected chi connectivity index (χ1v) is 5.74. The van der Waals surface area contributed by atoms with Crippen molar-refractivity contribution in [3.05, 3.63) is 40.9 Å². The molecule has 0 saturated heterocycles. The average molecular weight is 263 g/mol. The van der Waals surface area contributed by atoms with Gasteiger partial charge in [-0.1, -0.05) is 11.3 Å². The standard InChI is InChI=1S/C11H9N3O3S/c12-9(15)6-1-3-7(4-2-6)14-11-13-5-8(18-11)10(16)17/h1-5H,(H2,12,15)(H,13,14)(H,16,17). The Bertz CT molecular complexity index is 592. The second-order valence-corrected chi connectivity index (χ2v) is 4.43. The fraction of sp³-hybridized carbons (Fsp3) is 0. The van der Waals surface area contributed by atoms with Crippen molar-refractivity contribution >= 4 is 34.0 Å². The maximum Gasteiger partial charge on any atom is 0.347 e. The predicted molar refractivity (Wildman–Crippen MR) is 67.3 cm³/mol. The molecule has 0 aliphatic carbocycles. The summed E-state index contributed by atoms with van der Waals surface area (Å²) >= 11 is 1.03. The minimum Gasteiger partial charge on any atom is -0.477 e. The monoisotopic (exact) mass is 263 g/mol. The molecule has 0 atom stereocenters. The molecule has 1 aromatic heterocycles. The van der Waals surface area contributed by atoms with Crippen LogP contribution >= 0.6 is 11.3 Å². The van der Waals surface area contributed by atoms with Crippen molar-refractivity contribution in [2.75, 3.05) is 5.32 Å². The number of nitrogens with zero attached hydrogens (tertiary/aromatic N) is 1. The SMILES string of the molecule is NC(=O)c1ccc(Nc2ncc(C(=O)O)s2)cc1. The van der Waals surface area contributed by atoms with Gasteiger partial charge in [-0.15, -0.1) is 0 Å². The van der Waals surface area contributed by atoms with Crippen LogP contribution in [0.5, 0.6) is 0 Å². The molecule has 0 bridgehead atoms. The van der Waals surface area contributed by atoms with E-state index in [0.29, 0.717) is 16.4 Å². The molecule has 0 radical (unpaired) electrons. The highest BCUT2D eigenvalue weighted by molar-refractivity contribution is 7.17. The quantitative estimate of drug-likeness (QED) is 0.778. The summed E-state index contributed by atoms with van der Waals surface area (Å²) in [5, 5.41) is 12.2. The third kappa shape index (κ3) is 2.64. The number of carboxylic acids is 1. The number of amides is 1. The van der Waals surface area contributed by atoms with Gasteiger partial charge in [0, 0.05) is 11.3 Å². The molecule has 0 aliphatic heterocycles. The van der Waals surface area contributed by atoms with Crippen LogP contribution in [0.25, 0.3) is 0 Å². The number of primary amides is 1. The molecule has 92 valence electrons. The maximum atomic E-state index is 10.9. The Morgan fingerprint density at radius 2 is 1.94 bits per heavy atom. The molecule has 1 heterocycles. The summed E-state index contributed by atoms with van der Waals surface area (Å²) in [6.07, 6.45) is 1.28. The van der Waals surface area contributed by atoms with E-state index in [1.165, 1.54) is 6.20 Å². The molecule has 1 amide bonds. The smallest absolute Gasteiger partial charge is 0.347 e. The minimum absolute atomic E-state index is 0.159. The van der Waals surface area contributed by atoms with Gasteiger partial charge < -0.3 is 16.2 Å². The van der Waals surface area contributed by atoms with Crippen LogP contribution in [0, 0.1) is 0 Å². The predicted octanol–water partition coefficient (Wildman–Crippen LogP) is 1.68. The van der Waals surface area contributed by atoms with Crippen molar-refractivity contribution in [2.24, 2.45) is 5.73 Å². The normalized spacial score (nSPS) is 10.0. The van der Waals surface area contributed by atoms with Gasteiger partial charge in [0.1, 0.15) is 4.88 Å². The van der Waals surface area contributed by atoms with Crippen molar-refractivity contribution in [1.29, 1.82) is 0 Å². The average Bonchev–Trinajstić information content (AvgIpc) is 2.78. The second-order valence-electron chi connectivity index (χ2n) is 3.40. The Kier molecular flexibility index (Phi) is 3.24. The van der Waals surface area contributed by atoms with E-state index in [1.54, 1.807) is 24.3 Å². The highest BCUT2D eigenvalue weighted by atomic mass is 32.1. The highest BCUT2D eigenvalue weighted by Gasteiger charge is 2.08. The molecule has 7 heteroatoms. The van der Waals surface area contributed by atoms with Gasteiger partial charge in [0.15, 0.2) is 5.13 Å². The Hall–Kier alpha value is -2.41. The van der Waals surface area contributed by atoms with Crippen molar-refractivity contribution in [1.82, 2.24) is 4.98 Å². The Morgan fingerprint density at radius 3 is 2.44 bits per heavy atom. The van der Waals surface area contributed by atoms with Crippen LogP contribution in [-0.4, -0.2) is 22.0 Å². The molecule has 2 rings (SSSR count). The molecular weight excluding hydrogens is 254 g/mol. The summed E-state index contributed by atoms with van der Waals surface area (Å²) in [6, 6.07) is 6.50. The first kappa shape index (κ1) is 12.1. The molecule has 1 aromatic carbocycles. The number of nitrogens with two attached hydrogens (primary N) is 1. The molecule has 0 fully saturated rings. The van der Waals surface area contributed by atoms with Crippen LogP contribution in [0.1, 0.15) is 20.0 Å². The van der Waals surface area contributed by atoms with Gasteiger partial charge in [0.05, 0.1) is 6.20 Å². The van der Waals surface area contributed by atoms with E-state index in [2.05, 4.69) is 10.3 Å². The van der Waals surface area contributed by atoms with Gasteiger partial charge in [-0.3, -0.25) is 4.79 Å². The first-order valence-electron chi connectivity index (χ1n) is 4.92. The number of aromatic nitrogens is 1. The van der Waals surface area contributed by atoms with Crippen LogP contribution in [0.2, 0.25) is 0 Å².